The van der Waals surface area contributed by atoms with Crippen molar-refractivity contribution >= 4 is 21.4 Å². The SMILES string of the molecule is CC(C)NCc1cc(S(=O)(=O)NC2(C)CCOC2C)cs1. The van der Waals surface area contributed by atoms with Crippen LogP contribution in [0.5, 0.6) is 0 Å². The first kappa shape index (κ1) is 16.9. The van der Waals surface area contributed by atoms with Crippen molar-refractivity contribution < 1.29 is 13.2 Å². The summed E-state index contributed by atoms with van der Waals surface area (Å²) in [6.07, 6.45) is 0.576. The molecule has 1 aliphatic rings. The van der Waals surface area contributed by atoms with E-state index in [-0.39, 0.29) is 6.10 Å². The second-order valence-corrected chi connectivity index (χ2v) is 8.75. The molecule has 2 unspecified atom stereocenters. The molecule has 1 aliphatic heterocycles. The Morgan fingerprint density at radius 2 is 2.24 bits per heavy atom. The van der Waals surface area contributed by atoms with Crippen LogP contribution in [0, 0.1) is 0 Å². The van der Waals surface area contributed by atoms with E-state index in [4.69, 9.17) is 4.74 Å². The van der Waals surface area contributed by atoms with Crippen molar-refractivity contribution in [2.24, 2.45) is 0 Å². The van der Waals surface area contributed by atoms with Crippen molar-refractivity contribution in [1.29, 1.82) is 0 Å². The second-order valence-electron chi connectivity index (χ2n) is 6.07. The Morgan fingerprint density at radius 1 is 1.52 bits per heavy atom. The molecule has 120 valence electrons. The van der Waals surface area contributed by atoms with Crippen molar-refractivity contribution in [3.63, 3.8) is 0 Å². The molecular formula is C14H24N2O3S2. The Morgan fingerprint density at radius 3 is 2.81 bits per heavy atom. The molecule has 1 aromatic heterocycles. The molecule has 7 heteroatoms. The minimum absolute atomic E-state index is 0.118. The highest BCUT2D eigenvalue weighted by Gasteiger charge is 2.40. The maximum absolute atomic E-state index is 12.5. The van der Waals surface area contributed by atoms with Gasteiger partial charge in [-0.1, -0.05) is 13.8 Å². The molecule has 2 heterocycles. The molecule has 1 aromatic rings. The van der Waals surface area contributed by atoms with E-state index in [0.717, 1.165) is 4.88 Å². The topological polar surface area (TPSA) is 67.4 Å². The Kier molecular flexibility index (Phi) is 5.10. The lowest BCUT2D eigenvalue weighted by Crippen LogP contribution is -2.50. The second kappa shape index (κ2) is 6.34. The van der Waals surface area contributed by atoms with Crippen LogP contribution in [0.25, 0.3) is 0 Å². The molecule has 2 N–H and O–H groups in total. The third-order valence-corrected chi connectivity index (χ3v) is 6.56. The first-order valence-corrected chi connectivity index (χ1v) is 9.55. The van der Waals surface area contributed by atoms with Gasteiger partial charge >= 0.3 is 0 Å². The van der Waals surface area contributed by atoms with Crippen molar-refractivity contribution in [1.82, 2.24) is 10.0 Å². The van der Waals surface area contributed by atoms with Crippen molar-refractivity contribution in [2.75, 3.05) is 6.61 Å². The first-order chi connectivity index (χ1) is 9.73. The lowest BCUT2D eigenvalue weighted by Gasteiger charge is -2.28. The monoisotopic (exact) mass is 332 g/mol. The lowest BCUT2D eigenvalue weighted by molar-refractivity contribution is 0.0957. The van der Waals surface area contributed by atoms with E-state index in [0.29, 0.717) is 30.5 Å². The van der Waals surface area contributed by atoms with Crippen LogP contribution in [0.2, 0.25) is 0 Å². The Hall–Kier alpha value is -0.470. The summed E-state index contributed by atoms with van der Waals surface area (Å²) >= 11 is 1.46. The predicted molar refractivity (Wildman–Crippen MR) is 85.1 cm³/mol. The molecule has 0 radical (unpaired) electrons. The fourth-order valence-electron chi connectivity index (χ4n) is 2.23. The number of hydrogen-bond acceptors (Lipinski definition) is 5. The molecule has 2 atom stereocenters. The average Bonchev–Trinajstić information content (AvgIpc) is 2.95. The van der Waals surface area contributed by atoms with E-state index in [1.165, 1.54) is 11.3 Å². The maximum Gasteiger partial charge on any atom is 0.241 e. The van der Waals surface area contributed by atoms with Crippen LogP contribution in [-0.4, -0.2) is 32.7 Å². The molecule has 0 spiro atoms. The summed E-state index contributed by atoms with van der Waals surface area (Å²) in [5.74, 6) is 0. The molecule has 5 nitrogen and oxygen atoms in total. The zero-order valence-corrected chi connectivity index (χ0v) is 14.6. The van der Waals surface area contributed by atoms with Gasteiger partial charge in [0.15, 0.2) is 0 Å². The molecular weight excluding hydrogens is 308 g/mol. The zero-order chi connectivity index (χ0) is 15.7. The summed E-state index contributed by atoms with van der Waals surface area (Å²) < 4.78 is 33.3. The van der Waals surface area contributed by atoms with Crippen LogP contribution in [-0.2, 0) is 21.3 Å². The standard InChI is InChI=1S/C14H24N2O3S2/c1-10(2)15-8-12-7-13(9-20-12)21(17,18)16-14(4)5-6-19-11(14)3/h7,9-11,15-16H,5-6,8H2,1-4H3. The molecule has 0 aromatic carbocycles. The molecule has 0 amide bonds. The van der Waals surface area contributed by atoms with Crippen LogP contribution >= 0.6 is 11.3 Å². The number of thiophene rings is 1. The van der Waals surface area contributed by atoms with Gasteiger partial charge < -0.3 is 10.1 Å². The normalized spacial score (nSPS) is 26.6. The van der Waals surface area contributed by atoms with Crippen LogP contribution in [0.15, 0.2) is 16.3 Å². The summed E-state index contributed by atoms with van der Waals surface area (Å²) in [6.45, 7) is 9.21. The number of rotatable bonds is 6. The Labute approximate surface area is 131 Å². The highest BCUT2D eigenvalue weighted by atomic mass is 32.2. The van der Waals surface area contributed by atoms with Crippen LogP contribution in [0.4, 0.5) is 0 Å². The van der Waals surface area contributed by atoms with Gasteiger partial charge in [0.2, 0.25) is 10.0 Å². The van der Waals surface area contributed by atoms with Gasteiger partial charge in [-0.25, -0.2) is 13.1 Å². The molecule has 0 bridgehead atoms. The fourth-order valence-corrected chi connectivity index (χ4v) is 4.95. The van der Waals surface area contributed by atoms with Gasteiger partial charge in [-0.3, -0.25) is 0 Å². The molecule has 1 fully saturated rings. The van der Waals surface area contributed by atoms with Gasteiger partial charge in [0.05, 0.1) is 16.5 Å². The van der Waals surface area contributed by atoms with Crippen LogP contribution in [0.3, 0.4) is 0 Å². The number of sulfonamides is 1. The van der Waals surface area contributed by atoms with Crippen LogP contribution in [0.1, 0.15) is 39.0 Å². The van der Waals surface area contributed by atoms with E-state index in [1.807, 2.05) is 13.8 Å². The van der Waals surface area contributed by atoms with Crippen LogP contribution < -0.4 is 10.0 Å². The first-order valence-electron chi connectivity index (χ1n) is 7.19. The third kappa shape index (κ3) is 4.04. The summed E-state index contributed by atoms with van der Waals surface area (Å²) in [4.78, 5) is 1.36. The molecule has 1 saturated heterocycles. The molecule has 2 rings (SSSR count). The minimum atomic E-state index is -3.50. The zero-order valence-electron chi connectivity index (χ0n) is 13.0. The summed E-state index contributed by atoms with van der Waals surface area (Å²) in [6, 6.07) is 2.12. The lowest BCUT2D eigenvalue weighted by atomic mass is 9.97. The van der Waals surface area contributed by atoms with Gasteiger partial charge in [0, 0.05) is 29.5 Å². The molecule has 0 aliphatic carbocycles. The smallest absolute Gasteiger partial charge is 0.241 e. The third-order valence-electron chi connectivity index (χ3n) is 3.88. The number of hydrogen-bond donors (Lipinski definition) is 2. The Bertz CT molecular complexity index is 583. The maximum atomic E-state index is 12.5. The average molecular weight is 332 g/mol. The highest BCUT2D eigenvalue weighted by molar-refractivity contribution is 7.89. The minimum Gasteiger partial charge on any atom is -0.376 e. The van der Waals surface area contributed by atoms with Gasteiger partial charge in [0.1, 0.15) is 0 Å². The van der Waals surface area contributed by atoms with E-state index < -0.39 is 15.6 Å². The fraction of sp³-hybridized carbons (Fsp3) is 0.714. The van der Waals surface area contributed by atoms with Crippen molar-refractivity contribution in [3.8, 4) is 0 Å². The van der Waals surface area contributed by atoms with E-state index in [1.54, 1.807) is 11.4 Å². The quantitative estimate of drug-likeness (QED) is 0.837. The van der Waals surface area contributed by atoms with E-state index >= 15 is 0 Å². The van der Waals surface area contributed by atoms with Gasteiger partial charge in [0.25, 0.3) is 0 Å². The van der Waals surface area contributed by atoms with Gasteiger partial charge in [-0.05, 0) is 26.3 Å². The summed E-state index contributed by atoms with van der Waals surface area (Å²) in [5.41, 5.74) is -0.531. The molecule has 0 saturated carbocycles. The van der Waals surface area contributed by atoms with Crippen molar-refractivity contribution in [2.45, 2.75) is 63.2 Å². The van der Waals surface area contributed by atoms with Gasteiger partial charge in [-0.15, -0.1) is 11.3 Å². The number of ether oxygens (including phenoxy) is 1. The summed E-state index contributed by atoms with van der Waals surface area (Å²) in [5, 5.41) is 4.99. The number of nitrogens with one attached hydrogen (secondary N) is 2. The predicted octanol–water partition coefficient (Wildman–Crippen LogP) is 2.09. The van der Waals surface area contributed by atoms with Crippen molar-refractivity contribution in [3.05, 3.63) is 16.3 Å². The molecule has 21 heavy (non-hydrogen) atoms. The largest absolute Gasteiger partial charge is 0.376 e. The van der Waals surface area contributed by atoms with E-state index in [2.05, 4.69) is 23.9 Å². The summed E-state index contributed by atoms with van der Waals surface area (Å²) in [7, 11) is -3.50. The van der Waals surface area contributed by atoms with Gasteiger partial charge in [-0.2, -0.15) is 0 Å². The van der Waals surface area contributed by atoms with E-state index in [9.17, 15) is 8.42 Å². The highest BCUT2D eigenvalue weighted by Crippen LogP contribution is 2.28. The Balaban J connectivity index is 2.09.